The molecule has 0 fully saturated rings. The minimum Gasteiger partial charge on any atom is -0.325 e. The number of carbonyl (C=O) groups excluding carboxylic acids is 1. The maximum Gasteiger partial charge on any atom is 0.234 e. The predicted molar refractivity (Wildman–Crippen MR) is 102 cm³/mol. The quantitative estimate of drug-likeness (QED) is 0.653. The molecule has 5 nitrogen and oxygen atoms in total. The molecular formula is C18H17ClN4OS. The minimum atomic E-state index is -0.0776. The number of benzene rings is 2. The monoisotopic (exact) mass is 372 g/mol. The van der Waals surface area contributed by atoms with Crippen LogP contribution in [0.3, 0.4) is 0 Å². The second-order valence-corrected chi connectivity index (χ2v) is 6.64. The summed E-state index contributed by atoms with van der Waals surface area (Å²) in [7, 11) is 0. The molecule has 0 atom stereocenters. The summed E-state index contributed by atoms with van der Waals surface area (Å²) >= 11 is 7.42. The van der Waals surface area contributed by atoms with Gasteiger partial charge >= 0.3 is 0 Å². The zero-order chi connectivity index (χ0) is 17.6. The molecule has 1 N–H and O–H groups in total. The molecule has 3 rings (SSSR count). The van der Waals surface area contributed by atoms with Crippen LogP contribution in [0.2, 0.25) is 5.02 Å². The Morgan fingerprint density at radius 1 is 1.16 bits per heavy atom. The highest BCUT2D eigenvalue weighted by molar-refractivity contribution is 7.99. The van der Waals surface area contributed by atoms with Crippen molar-refractivity contribution in [3.8, 4) is 11.4 Å². The van der Waals surface area contributed by atoms with Gasteiger partial charge in [0.15, 0.2) is 11.0 Å². The van der Waals surface area contributed by atoms with Gasteiger partial charge in [-0.25, -0.2) is 0 Å². The average Bonchev–Trinajstić information content (AvgIpc) is 3.04. The lowest BCUT2D eigenvalue weighted by molar-refractivity contribution is -0.113. The highest BCUT2D eigenvalue weighted by atomic mass is 35.5. The number of halogens is 1. The molecule has 7 heteroatoms. The Labute approximate surface area is 155 Å². The van der Waals surface area contributed by atoms with Crippen molar-refractivity contribution >= 4 is 35.0 Å². The Kier molecular flexibility index (Phi) is 5.73. The molecular weight excluding hydrogens is 356 g/mol. The summed E-state index contributed by atoms with van der Waals surface area (Å²) < 4.78 is 1.98. The standard InChI is InChI=1S/C18H17ClN4OS/c1-2-23-17(13-7-6-8-14(19)11-13)21-22-18(23)25-12-16(24)20-15-9-4-3-5-10-15/h3-11H,2,12H2,1H3,(H,20,24). The van der Waals surface area contributed by atoms with Gasteiger partial charge < -0.3 is 9.88 Å². The number of para-hydroxylation sites is 1. The maximum atomic E-state index is 12.1. The predicted octanol–water partition coefficient (Wildman–Crippen LogP) is 4.35. The summed E-state index contributed by atoms with van der Waals surface area (Å²) in [5.41, 5.74) is 1.69. The van der Waals surface area contributed by atoms with Crippen molar-refractivity contribution in [2.24, 2.45) is 0 Å². The van der Waals surface area contributed by atoms with Crippen LogP contribution in [0.1, 0.15) is 6.92 Å². The van der Waals surface area contributed by atoms with E-state index in [0.717, 1.165) is 17.1 Å². The number of hydrogen-bond donors (Lipinski definition) is 1. The van der Waals surface area contributed by atoms with E-state index in [0.29, 0.717) is 16.7 Å². The maximum absolute atomic E-state index is 12.1. The van der Waals surface area contributed by atoms with Gasteiger partial charge in [0.25, 0.3) is 0 Å². The number of thioether (sulfide) groups is 1. The zero-order valence-electron chi connectivity index (χ0n) is 13.6. The third kappa shape index (κ3) is 4.41. The second-order valence-electron chi connectivity index (χ2n) is 5.26. The van der Waals surface area contributed by atoms with E-state index >= 15 is 0 Å². The molecule has 0 spiro atoms. The smallest absolute Gasteiger partial charge is 0.234 e. The fourth-order valence-electron chi connectivity index (χ4n) is 2.37. The first-order valence-corrected chi connectivity index (χ1v) is 9.20. The van der Waals surface area contributed by atoms with E-state index in [9.17, 15) is 4.79 Å². The first-order valence-electron chi connectivity index (χ1n) is 7.84. The average molecular weight is 373 g/mol. The third-order valence-electron chi connectivity index (χ3n) is 3.51. The Bertz CT molecular complexity index is 867. The van der Waals surface area contributed by atoms with E-state index in [1.54, 1.807) is 0 Å². The van der Waals surface area contributed by atoms with Gasteiger partial charge in [-0.1, -0.05) is 53.7 Å². The molecule has 0 saturated carbocycles. The van der Waals surface area contributed by atoms with Crippen molar-refractivity contribution in [1.82, 2.24) is 14.8 Å². The van der Waals surface area contributed by atoms with E-state index in [-0.39, 0.29) is 11.7 Å². The molecule has 0 aliphatic carbocycles. The second kappa shape index (κ2) is 8.18. The molecule has 0 radical (unpaired) electrons. The number of amides is 1. The number of nitrogens with one attached hydrogen (secondary N) is 1. The molecule has 0 bridgehead atoms. The molecule has 128 valence electrons. The summed E-state index contributed by atoms with van der Waals surface area (Å²) in [4.78, 5) is 12.1. The third-order valence-corrected chi connectivity index (χ3v) is 4.71. The Balaban J connectivity index is 1.70. The number of nitrogens with zero attached hydrogens (tertiary/aromatic N) is 3. The van der Waals surface area contributed by atoms with Gasteiger partial charge in [-0.05, 0) is 31.2 Å². The van der Waals surface area contributed by atoms with Crippen LogP contribution >= 0.6 is 23.4 Å². The summed E-state index contributed by atoms with van der Waals surface area (Å²) in [5.74, 6) is 0.935. The summed E-state index contributed by atoms with van der Waals surface area (Å²) in [6.07, 6.45) is 0. The highest BCUT2D eigenvalue weighted by Gasteiger charge is 2.14. The molecule has 0 aliphatic rings. The Morgan fingerprint density at radius 3 is 2.68 bits per heavy atom. The van der Waals surface area contributed by atoms with E-state index in [1.165, 1.54) is 11.8 Å². The normalized spacial score (nSPS) is 10.6. The fourth-order valence-corrected chi connectivity index (χ4v) is 3.36. The summed E-state index contributed by atoms with van der Waals surface area (Å²) in [6.45, 7) is 2.73. The fraction of sp³-hybridized carbons (Fsp3) is 0.167. The lowest BCUT2D eigenvalue weighted by Gasteiger charge is -2.08. The van der Waals surface area contributed by atoms with Gasteiger partial charge in [0.05, 0.1) is 5.75 Å². The SMILES string of the molecule is CCn1c(SCC(=O)Nc2ccccc2)nnc1-c1cccc(Cl)c1. The zero-order valence-corrected chi connectivity index (χ0v) is 15.2. The summed E-state index contributed by atoms with van der Waals surface area (Å²) in [5, 5.41) is 12.7. The van der Waals surface area contributed by atoms with Gasteiger partial charge in [0, 0.05) is 22.8 Å². The van der Waals surface area contributed by atoms with Crippen LogP contribution in [-0.2, 0) is 11.3 Å². The van der Waals surface area contributed by atoms with E-state index in [2.05, 4.69) is 15.5 Å². The van der Waals surface area contributed by atoms with Crippen molar-refractivity contribution in [1.29, 1.82) is 0 Å². The minimum absolute atomic E-state index is 0.0776. The van der Waals surface area contributed by atoms with Gasteiger partial charge in [-0.2, -0.15) is 0 Å². The number of anilines is 1. The molecule has 1 heterocycles. The van der Waals surface area contributed by atoms with Crippen molar-refractivity contribution in [2.75, 3.05) is 11.1 Å². The van der Waals surface area contributed by atoms with Gasteiger partial charge in [0.1, 0.15) is 0 Å². The van der Waals surface area contributed by atoms with Crippen LogP contribution in [0.4, 0.5) is 5.69 Å². The van der Waals surface area contributed by atoms with Crippen molar-refractivity contribution < 1.29 is 4.79 Å². The van der Waals surface area contributed by atoms with Gasteiger partial charge in [-0.3, -0.25) is 4.79 Å². The lowest BCUT2D eigenvalue weighted by atomic mass is 10.2. The molecule has 25 heavy (non-hydrogen) atoms. The van der Waals surface area contributed by atoms with Crippen molar-refractivity contribution in [2.45, 2.75) is 18.6 Å². The largest absolute Gasteiger partial charge is 0.325 e. The van der Waals surface area contributed by atoms with Crippen LogP contribution in [0.25, 0.3) is 11.4 Å². The number of carbonyl (C=O) groups is 1. The first kappa shape index (κ1) is 17.5. The van der Waals surface area contributed by atoms with Gasteiger partial charge in [-0.15, -0.1) is 10.2 Å². The van der Waals surface area contributed by atoms with Crippen LogP contribution in [0.15, 0.2) is 59.8 Å². The highest BCUT2D eigenvalue weighted by Crippen LogP contribution is 2.25. The van der Waals surface area contributed by atoms with Crippen LogP contribution in [0.5, 0.6) is 0 Å². The molecule has 0 aliphatic heterocycles. The number of aromatic nitrogens is 3. The lowest BCUT2D eigenvalue weighted by Crippen LogP contribution is -2.14. The van der Waals surface area contributed by atoms with E-state index in [1.807, 2.05) is 66.1 Å². The number of hydrogen-bond acceptors (Lipinski definition) is 4. The molecule has 0 unspecified atom stereocenters. The van der Waals surface area contributed by atoms with Crippen molar-refractivity contribution in [3.05, 3.63) is 59.6 Å². The molecule has 1 amide bonds. The van der Waals surface area contributed by atoms with Gasteiger partial charge in [0.2, 0.25) is 5.91 Å². The van der Waals surface area contributed by atoms with Crippen LogP contribution < -0.4 is 5.32 Å². The van der Waals surface area contributed by atoms with E-state index in [4.69, 9.17) is 11.6 Å². The molecule has 0 saturated heterocycles. The molecule has 3 aromatic rings. The Hall–Kier alpha value is -2.31. The summed E-state index contributed by atoms with van der Waals surface area (Å²) in [6, 6.07) is 16.9. The number of rotatable bonds is 6. The first-order chi connectivity index (χ1) is 12.2. The molecule has 1 aromatic heterocycles. The van der Waals surface area contributed by atoms with Crippen LogP contribution in [0, 0.1) is 0 Å². The van der Waals surface area contributed by atoms with E-state index < -0.39 is 0 Å². The topological polar surface area (TPSA) is 59.8 Å². The van der Waals surface area contributed by atoms with Crippen LogP contribution in [-0.4, -0.2) is 26.4 Å². The Morgan fingerprint density at radius 2 is 1.96 bits per heavy atom. The molecule has 2 aromatic carbocycles. The van der Waals surface area contributed by atoms with Crippen molar-refractivity contribution in [3.63, 3.8) is 0 Å².